The lowest BCUT2D eigenvalue weighted by molar-refractivity contribution is 1.07. The Morgan fingerprint density at radius 1 is 0.265 bits per heavy atom. The first kappa shape index (κ1) is 28.6. The standard InChI is InChI=1S/C45H30N4/c1-3-11-31(12-4-1)33-19-23-35(24-20-33)43-46-44(36-25-21-34(22-26-36)32-13-5-2-6-14-32)48-45(47-43)37-27-29-38(30-28-37)49-41-17-9-7-15-39(41)40-16-8-10-18-42(40)49/h1-30H. The van der Waals surface area contributed by atoms with Gasteiger partial charge in [-0.05, 0) is 58.7 Å². The Kier molecular flexibility index (Phi) is 7.10. The lowest BCUT2D eigenvalue weighted by Crippen LogP contribution is -2.00. The number of benzene rings is 7. The minimum absolute atomic E-state index is 0.632. The minimum Gasteiger partial charge on any atom is -0.309 e. The van der Waals surface area contributed by atoms with E-state index in [1.807, 2.05) is 12.1 Å². The summed E-state index contributed by atoms with van der Waals surface area (Å²) in [4.78, 5) is 15.1. The predicted octanol–water partition coefficient (Wildman–Crippen LogP) is 11.3. The second-order valence-electron chi connectivity index (χ2n) is 12.1. The van der Waals surface area contributed by atoms with Crippen LogP contribution >= 0.6 is 0 Å². The number of aromatic nitrogens is 4. The van der Waals surface area contributed by atoms with E-state index in [9.17, 15) is 0 Å². The Bertz CT molecular complexity index is 2400. The fourth-order valence-corrected chi connectivity index (χ4v) is 6.61. The Hall–Kier alpha value is -6.65. The molecule has 2 aromatic heterocycles. The van der Waals surface area contributed by atoms with Gasteiger partial charge in [0.1, 0.15) is 0 Å². The number of hydrogen-bond donors (Lipinski definition) is 0. The highest BCUT2D eigenvalue weighted by molar-refractivity contribution is 6.09. The smallest absolute Gasteiger partial charge is 0.164 e. The summed E-state index contributed by atoms with van der Waals surface area (Å²) in [5, 5.41) is 2.48. The Balaban J connectivity index is 1.13. The number of fused-ring (bicyclic) bond motifs is 3. The molecule has 0 N–H and O–H groups in total. The van der Waals surface area contributed by atoms with Gasteiger partial charge in [-0.3, -0.25) is 0 Å². The quantitative estimate of drug-likeness (QED) is 0.184. The third-order valence-electron chi connectivity index (χ3n) is 9.10. The maximum Gasteiger partial charge on any atom is 0.164 e. The monoisotopic (exact) mass is 626 g/mol. The van der Waals surface area contributed by atoms with E-state index in [0.29, 0.717) is 17.5 Å². The van der Waals surface area contributed by atoms with Crippen molar-refractivity contribution < 1.29 is 0 Å². The van der Waals surface area contributed by atoms with E-state index in [1.165, 1.54) is 32.9 Å². The summed E-state index contributed by atoms with van der Waals surface area (Å²) in [6.07, 6.45) is 0. The third-order valence-corrected chi connectivity index (χ3v) is 9.10. The van der Waals surface area contributed by atoms with E-state index < -0.39 is 0 Å². The molecule has 230 valence electrons. The topological polar surface area (TPSA) is 43.6 Å². The molecule has 0 saturated heterocycles. The normalized spacial score (nSPS) is 11.3. The first-order chi connectivity index (χ1) is 24.3. The van der Waals surface area contributed by atoms with E-state index in [0.717, 1.165) is 33.5 Å². The van der Waals surface area contributed by atoms with Crippen LogP contribution in [0.4, 0.5) is 0 Å². The molecular weight excluding hydrogens is 597 g/mol. The predicted molar refractivity (Wildman–Crippen MR) is 201 cm³/mol. The van der Waals surface area contributed by atoms with Crippen LogP contribution in [0, 0.1) is 0 Å². The van der Waals surface area contributed by atoms with Crippen molar-refractivity contribution in [3.63, 3.8) is 0 Å². The van der Waals surface area contributed by atoms with Crippen molar-refractivity contribution in [2.45, 2.75) is 0 Å². The van der Waals surface area contributed by atoms with E-state index in [1.54, 1.807) is 0 Å². The molecule has 0 aliphatic rings. The first-order valence-electron chi connectivity index (χ1n) is 16.5. The third kappa shape index (κ3) is 5.35. The van der Waals surface area contributed by atoms with Gasteiger partial charge in [0.25, 0.3) is 0 Å². The van der Waals surface area contributed by atoms with Crippen LogP contribution in [0.5, 0.6) is 0 Å². The van der Waals surface area contributed by atoms with Crippen LogP contribution in [0.3, 0.4) is 0 Å². The number of para-hydroxylation sites is 2. The molecule has 0 saturated carbocycles. The van der Waals surface area contributed by atoms with Gasteiger partial charge in [-0.2, -0.15) is 0 Å². The van der Waals surface area contributed by atoms with Gasteiger partial charge in [0.2, 0.25) is 0 Å². The molecule has 4 nitrogen and oxygen atoms in total. The highest BCUT2D eigenvalue weighted by Crippen LogP contribution is 2.33. The van der Waals surface area contributed by atoms with Gasteiger partial charge < -0.3 is 4.57 Å². The van der Waals surface area contributed by atoms with Crippen LogP contribution in [0.25, 0.3) is 83.9 Å². The first-order valence-corrected chi connectivity index (χ1v) is 16.5. The fraction of sp³-hybridized carbons (Fsp3) is 0. The highest BCUT2D eigenvalue weighted by atomic mass is 15.0. The zero-order valence-electron chi connectivity index (χ0n) is 26.6. The molecule has 0 spiro atoms. The molecule has 49 heavy (non-hydrogen) atoms. The Labute approximate surface area is 284 Å². The van der Waals surface area contributed by atoms with Crippen molar-refractivity contribution in [3.05, 3.63) is 182 Å². The zero-order chi connectivity index (χ0) is 32.6. The molecule has 7 aromatic carbocycles. The summed E-state index contributed by atoms with van der Waals surface area (Å²) in [7, 11) is 0. The van der Waals surface area contributed by atoms with Crippen LogP contribution in [-0.2, 0) is 0 Å². The lowest BCUT2D eigenvalue weighted by atomic mass is 10.0. The maximum atomic E-state index is 5.03. The summed E-state index contributed by atoms with van der Waals surface area (Å²) < 4.78 is 2.32. The van der Waals surface area contributed by atoms with Gasteiger partial charge in [-0.1, -0.05) is 146 Å². The maximum absolute atomic E-state index is 5.03. The van der Waals surface area contributed by atoms with Crippen molar-refractivity contribution >= 4 is 21.8 Å². The molecule has 0 amide bonds. The van der Waals surface area contributed by atoms with E-state index in [-0.39, 0.29) is 0 Å². The summed E-state index contributed by atoms with van der Waals surface area (Å²) in [5.41, 5.74) is 10.9. The van der Waals surface area contributed by atoms with Gasteiger partial charge in [0.05, 0.1) is 11.0 Å². The summed E-state index contributed by atoms with van der Waals surface area (Å²) in [5.74, 6) is 1.91. The van der Waals surface area contributed by atoms with Crippen molar-refractivity contribution in [1.82, 2.24) is 19.5 Å². The second kappa shape index (κ2) is 12.2. The van der Waals surface area contributed by atoms with Crippen LogP contribution in [0.2, 0.25) is 0 Å². The molecule has 0 aliphatic heterocycles. The number of hydrogen-bond acceptors (Lipinski definition) is 3. The minimum atomic E-state index is 0.632. The molecule has 2 heterocycles. The van der Waals surface area contributed by atoms with Gasteiger partial charge >= 0.3 is 0 Å². The highest BCUT2D eigenvalue weighted by Gasteiger charge is 2.15. The second-order valence-corrected chi connectivity index (χ2v) is 12.1. The Morgan fingerprint density at radius 2 is 0.571 bits per heavy atom. The van der Waals surface area contributed by atoms with Crippen LogP contribution < -0.4 is 0 Å². The summed E-state index contributed by atoms with van der Waals surface area (Å²) in [6, 6.07) is 63.3. The summed E-state index contributed by atoms with van der Waals surface area (Å²) in [6.45, 7) is 0. The van der Waals surface area contributed by atoms with Crippen molar-refractivity contribution in [2.75, 3.05) is 0 Å². The van der Waals surface area contributed by atoms with Gasteiger partial charge in [0, 0.05) is 33.2 Å². The van der Waals surface area contributed by atoms with Crippen LogP contribution in [0.1, 0.15) is 0 Å². The van der Waals surface area contributed by atoms with Gasteiger partial charge in [0.15, 0.2) is 17.5 Å². The molecule has 9 aromatic rings. The molecule has 0 radical (unpaired) electrons. The molecular formula is C45H30N4. The molecule has 0 bridgehead atoms. The van der Waals surface area contributed by atoms with Gasteiger partial charge in [-0.25, -0.2) is 15.0 Å². The zero-order valence-corrected chi connectivity index (χ0v) is 26.6. The number of nitrogens with zero attached hydrogens (tertiary/aromatic N) is 4. The fourth-order valence-electron chi connectivity index (χ4n) is 6.61. The average molecular weight is 627 g/mol. The van der Waals surface area contributed by atoms with E-state index in [2.05, 4.69) is 174 Å². The molecule has 0 fully saturated rings. The van der Waals surface area contributed by atoms with Crippen molar-refractivity contribution in [1.29, 1.82) is 0 Å². The lowest BCUT2D eigenvalue weighted by Gasteiger charge is -2.11. The summed E-state index contributed by atoms with van der Waals surface area (Å²) >= 11 is 0. The molecule has 0 unspecified atom stereocenters. The Morgan fingerprint density at radius 3 is 0.980 bits per heavy atom. The van der Waals surface area contributed by atoms with Crippen LogP contribution in [-0.4, -0.2) is 19.5 Å². The average Bonchev–Trinajstić information content (AvgIpc) is 3.53. The molecule has 9 rings (SSSR count). The molecule has 0 atom stereocenters. The molecule has 0 aliphatic carbocycles. The van der Waals surface area contributed by atoms with E-state index in [4.69, 9.17) is 15.0 Å². The van der Waals surface area contributed by atoms with Crippen LogP contribution in [0.15, 0.2) is 182 Å². The molecule has 4 heteroatoms. The van der Waals surface area contributed by atoms with Crippen molar-refractivity contribution in [2.24, 2.45) is 0 Å². The van der Waals surface area contributed by atoms with E-state index >= 15 is 0 Å². The SMILES string of the molecule is c1ccc(-c2ccc(-c3nc(-c4ccc(-c5ccccc5)cc4)nc(-c4ccc(-n5c6ccccc6c6ccccc65)cc4)n3)cc2)cc1. The van der Waals surface area contributed by atoms with Gasteiger partial charge in [-0.15, -0.1) is 0 Å². The largest absolute Gasteiger partial charge is 0.309 e. The number of rotatable bonds is 6. The van der Waals surface area contributed by atoms with Crippen molar-refractivity contribution in [3.8, 4) is 62.1 Å².